The number of benzene rings is 2. The molecular formula is C13H7Br2ClFNO. The summed E-state index contributed by atoms with van der Waals surface area (Å²) in [6.07, 6.45) is 0. The number of amides is 1. The third-order valence-electron chi connectivity index (χ3n) is 2.29. The van der Waals surface area contributed by atoms with Crippen molar-refractivity contribution in [2.75, 3.05) is 5.32 Å². The van der Waals surface area contributed by atoms with Crippen LogP contribution in [0.3, 0.4) is 0 Å². The minimum Gasteiger partial charge on any atom is -0.322 e. The maximum Gasteiger partial charge on any atom is 0.256 e. The molecule has 0 saturated carbocycles. The molecule has 0 heterocycles. The molecule has 2 rings (SSSR count). The van der Waals surface area contributed by atoms with Crippen LogP contribution < -0.4 is 5.32 Å². The van der Waals surface area contributed by atoms with Gasteiger partial charge in [0.2, 0.25) is 0 Å². The summed E-state index contributed by atoms with van der Waals surface area (Å²) in [5.74, 6) is -0.856. The van der Waals surface area contributed by atoms with Crippen molar-refractivity contribution in [2.45, 2.75) is 0 Å². The molecule has 0 aliphatic carbocycles. The molecule has 0 bridgehead atoms. The summed E-state index contributed by atoms with van der Waals surface area (Å²) in [5.41, 5.74) is 0.747. The van der Waals surface area contributed by atoms with E-state index >= 15 is 0 Å². The van der Waals surface area contributed by atoms with Gasteiger partial charge in [0.15, 0.2) is 0 Å². The first-order valence-electron chi connectivity index (χ1n) is 5.18. The molecule has 2 aromatic carbocycles. The van der Waals surface area contributed by atoms with Gasteiger partial charge in [-0.1, -0.05) is 27.5 Å². The van der Waals surface area contributed by atoms with Crippen LogP contribution in [0.1, 0.15) is 10.4 Å². The zero-order chi connectivity index (χ0) is 14.0. The monoisotopic (exact) mass is 405 g/mol. The van der Waals surface area contributed by atoms with Crippen molar-refractivity contribution < 1.29 is 9.18 Å². The van der Waals surface area contributed by atoms with E-state index < -0.39 is 5.82 Å². The first-order valence-corrected chi connectivity index (χ1v) is 7.14. The summed E-state index contributed by atoms with van der Waals surface area (Å²) in [6, 6.07) is 9.08. The Morgan fingerprint density at radius 1 is 1.16 bits per heavy atom. The summed E-state index contributed by atoms with van der Waals surface area (Å²) < 4.78 is 14.6. The molecule has 0 atom stereocenters. The zero-order valence-electron chi connectivity index (χ0n) is 9.38. The van der Waals surface area contributed by atoms with Crippen LogP contribution in [0.15, 0.2) is 45.3 Å². The van der Waals surface area contributed by atoms with E-state index in [1.54, 1.807) is 18.2 Å². The second-order valence-electron chi connectivity index (χ2n) is 3.74. The van der Waals surface area contributed by atoms with Gasteiger partial charge in [0.05, 0.1) is 5.56 Å². The second kappa shape index (κ2) is 6.03. The lowest BCUT2D eigenvalue weighted by molar-refractivity contribution is 0.102. The summed E-state index contributed by atoms with van der Waals surface area (Å²) in [4.78, 5) is 12.1. The fourth-order valence-corrected chi connectivity index (χ4v) is 2.51. The van der Waals surface area contributed by atoms with Crippen LogP contribution in [0.25, 0.3) is 0 Å². The molecule has 1 N–H and O–H groups in total. The van der Waals surface area contributed by atoms with Gasteiger partial charge < -0.3 is 5.32 Å². The quantitative estimate of drug-likeness (QED) is 0.723. The summed E-state index contributed by atoms with van der Waals surface area (Å²) >= 11 is 12.3. The van der Waals surface area contributed by atoms with Crippen LogP contribution in [0.2, 0.25) is 5.02 Å². The Bertz CT molecular complexity index is 628. The largest absolute Gasteiger partial charge is 0.322 e. The lowest BCUT2D eigenvalue weighted by Gasteiger charge is -2.08. The van der Waals surface area contributed by atoms with E-state index in [2.05, 4.69) is 37.2 Å². The van der Waals surface area contributed by atoms with Crippen molar-refractivity contribution in [3.63, 3.8) is 0 Å². The Morgan fingerprint density at radius 3 is 2.58 bits per heavy atom. The van der Waals surface area contributed by atoms with Gasteiger partial charge in [-0.05, 0) is 52.3 Å². The first kappa shape index (κ1) is 14.5. The fourth-order valence-electron chi connectivity index (χ4n) is 1.50. The number of nitrogens with one attached hydrogen (secondary N) is 1. The van der Waals surface area contributed by atoms with Crippen LogP contribution in [-0.2, 0) is 0 Å². The van der Waals surface area contributed by atoms with Gasteiger partial charge >= 0.3 is 0 Å². The molecule has 0 unspecified atom stereocenters. The third kappa shape index (κ3) is 3.78. The van der Waals surface area contributed by atoms with Crippen LogP contribution in [0, 0.1) is 5.82 Å². The third-order valence-corrected chi connectivity index (χ3v) is 3.70. The maximum atomic E-state index is 13.2. The number of carbonyl (C=O) groups excluding carboxylic acids is 1. The number of carbonyl (C=O) groups is 1. The molecule has 0 spiro atoms. The smallest absolute Gasteiger partial charge is 0.256 e. The Hall–Kier alpha value is -0.910. The topological polar surface area (TPSA) is 29.1 Å². The normalized spacial score (nSPS) is 10.3. The maximum absolute atomic E-state index is 13.2. The van der Waals surface area contributed by atoms with Gasteiger partial charge in [0, 0.05) is 19.7 Å². The van der Waals surface area contributed by atoms with Crippen molar-refractivity contribution in [3.05, 3.63) is 61.7 Å². The summed E-state index contributed by atoms with van der Waals surface area (Å²) in [5, 5.41) is 2.82. The molecule has 0 aromatic heterocycles. The molecule has 1 amide bonds. The highest BCUT2D eigenvalue weighted by Crippen LogP contribution is 2.24. The van der Waals surface area contributed by atoms with Crippen molar-refractivity contribution in [1.29, 1.82) is 0 Å². The summed E-state index contributed by atoms with van der Waals surface area (Å²) in [6.45, 7) is 0. The second-order valence-corrected chi connectivity index (χ2v) is 5.94. The molecule has 0 radical (unpaired) electrons. The molecule has 6 heteroatoms. The lowest BCUT2D eigenvalue weighted by Crippen LogP contribution is -2.12. The van der Waals surface area contributed by atoms with E-state index in [0.717, 1.165) is 4.47 Å². The van der Waals surface area contributed by atoms with Crippen molar-refractivity contribution in [1.82, 2.24) is 0 Å². The lowest BCUT2D eigenvalue weighted by atomic mass is 10.2. The predicted octanol–water partition coefficient (Wildman–Crippen LogP) is 5.26. The number of halogens is 4. The molecule has 0 saturated heterocycles. The molecule has 19 heavy (non-hydrogen) atoms. The predicted molar refractivity (Wildman–Crippen MR) is 81.2 cm³/mol. The molecule has 0 aliphatic rings. The highest BCUT2D eigenvalue weighted by atomic mass is 79.9. The van der Waals surface area contributed by atoms with Crippen LogP contribution in [0.5, 0.6) is 0 Å². The number of hydrogen-bond donors (Lipinski definition) is 1. The van der Waals surface area contributed by atoms with E-state index in [4.69, 9.17) is 11.6 Å². The molecule has 0 aliphatic heterocycles. The van der Waals surface area contributed by atoms with E-state index in [9.17, 15) is 9.18 Å². The van der Waals surface area contributed by atoms with E-state index in [1.165, 1.54) is 18.2 Å². The van der Waals surface area contributed by atoms with Crippen molar-refractivity contribution in [2.24, 2.45) is 0 Å². The minimum absolute atomic E-state index is 0.226. The average molecular weight is 407 g/mol. The molecule has 2 aromatic rings. The van der Waals surface area contributed by atoms with E-state index in [1.807, 2.05) is 0 Å². The highest BCUT2D eigenvalue weighted by Gasteiger charge is 2.11. The number of anilines is 1. The van der Waals surface area contributed by atoms with Gasteiger partial charge in [0.1, 0.15) is 5.82 Å². The van der Waals surface area contributed by atoms with Crippen LogP contribution in [-0.4, -0.2) is 5.91 Å². The average Bonchev–Trinajstić information content (AvgIpc) is 2.30. The Labute approximate surface area is 131 Å². The van der Waals surface area contributed by atoms with Crippen LogP contribution in [0.4, 0.5) is 10.1 Å². The zero-order valence-corrected chi connectivity index (χ0v) is 13.3. The number of hydrogen-bond acceptors (Lipinski definition) is 1. The summed E-state index contributed by atoms with van der Waals surface area (Å²) in [7, 11) is 0. The minimum atomic E-state index is -0.504. The van der Waals surface area contributed by atoms with E-state index in [0.29, 0.717) is 15.7 Å². The fraction of sp³-hybridized carbons (Fsp3) is 0. The van der Waals surface area contributed by atoms with E-state index in [-0.39, 0.29) is 10.9 Å². The van der Waals surface area contributed by atoms with Crippen LogP contribution >= 0.6 is 43.5 Å². The molecule has 0 fully saturated rings. The SMILES string of the molecule is O=C(Nc1cc(F)cc(Cl)c1)c1cc(Br)ccc1Br. The Kier molecular flexibility index (Phi) is 4.60. The number of rotatable bonds is 2. The van der Waals surface area contributed by atoms with Gasteiger partial charge in [-0.25, -0.2) is 4.39 Å². The molecule has 2 nitrogen and oxygen atoms in total. The van der Waals surface area contributed by atoms with Gasteiger partial charge in [-0.3, -0.25) is 4.79 Å². The van der Waals surface area contributed by atoms with Gasteiger partial charge in [-0.15, -0.1) is 0 Å². The van der Waals surface area contributed by atoms with Crippen molar-refractivity contribution in [3.8, 4) is 0 Å². The highest BCUT2D eigenvalue weighted by molar-refractivity contribution is 9.11. The molecule has 98 valence electrons. The van der Waals surface area contributed by atoms with Crippen molar-refractivity contribution >= 4 is 55.1 Å². The first-order chi connectivity index (χ1) is 8.95. The Balaban J connectivity index is 2.28. The van der Waals surface area contributed by atoms with Gasteiger partial charge in [-0.2, -0.15) is 0 Å². The molecular weight excluding hydrogens is 400 g/mol. The Morgan fingerprint density at radius 2 is 1.89 bits per heavy atom. The van der Waals surface area contributed by atoms with Gasteiger partial charge in [0.25, 0.3) is 5.91 Å². The standard InChI is InChI=1S/C13H7Br2ClFNO/c14-7-1-2-12(15)11(3-7)13(19)18-10-5-8(16)4-9(17)6-10/h1-6H,(H,18,19).